The Balaban J connectivity index is 0.00000353. The van der Waals surface area contributed by atoms with Gasteiger partial charge >= 0.3 is 35.5 Å². The van der Waals surface area contributed by atoms with Crippen LogP contribution in [0.25, 0.3) is 0 Å². The second-order valence-corrected chi connectivity index (χ2v) is 13.0. The van der Waals surface area contributed by atoms with Crippen molar-refractivity contribution >= 4 is 27.7 Å². The van der Waals surface area contributed by atoms with E-state index in [0.717, 1.165) is 24.1 Å². The van der Waals surface area contributed by atoms with Gasteiger partial charge in [0.1, 0.15) is 15.7 Å². The van der Waals surface area contributed by atoms with Gasteiger partial charge in [-0.3, -0.25) is 9.59 Å². The molecule has 0 saturated heterocycles. The molecule has 11 heteroatoms. The molecule has 0 spiro atoms. The van der Waals surface area contributed by atoms with E-state index in [0.29, 0.717) is 12.8 Å². The van der Waals surface area contributed by atoms with Crippen molar-refractivity contribution in [1.82, 2.24) is 0 Å². The summed E-state index contributed by atoms with van der Waals surface area (Å²) in [4.78, 5) is 37.3. The van der Waals surface area contributed by atoms with Gasteiger partial charge in [-0.15, -0.1) is 0 Å². The van der Waals surface area contributed by atoms with Crippen LogP contribution in [0.4, 0.5) is 0 Å². The van der Waals surface area contributed by atoms with Crippen molar-refractivity contribution in [1.29, 1.82) is 0 Å². The Bertz CT molecular complexity index is 1380. The van der Waals surface area contributed by atoms with Gasteiger partial charge in [-0.25, -0.2) is 13.2 Å². The van der Waals surface area contributed by atoms with Crippen LogP contribution in [0, 0.1) is 28.6 Å². The molecule has 204 valence electrons. The maximum Gasteiger partial charge on any atom is 1.00 e. The van der Waals surface area contributed by atoms with E-state index in [9.17, 15) is 37.6 Å². The summed E-state index contributed by atoms with van der Waals surface area (Å²) in [7, 11) is -4.78. The first-order valence-corrected chi connectivity index (χ1v) is 14.2. The molecule has 4 aliphatic carbocycles. The van der Waals surface area contributed by atoms with Gasteiger partial charge in [-0.2, -0.15) is 0 Å². The molecule has 0 aliphatic heterocycles. The first kappa shape index (κ1) is 30.3. The quantitative estimate of drug-likeness (QED) is 0.268. The summed E-state index contributed by atoms with van der Waals surface area (Å²) in [6.07, 6.45) is 6.66. The van der Waals surface area contributed by atoms with E-state index < -0.39 is 55.9 Å². The summed E-state index contributed by atoms with van der Waals surface area (Å²) in [5, 5.41) is 23.2. The molecule has 1 aromatic rings. The molecule has 1 aromatic carbocycles. The van der Waals surface area contributed by atoms with E-state index in [-0.39, 0.29) is 71.5 Å². The standard InChI is InChI=1S/C28H32O9S.Na/c1-26-10-8-18(29)13-17(26)6-7-20-21-9-11-28(33,27(21,2)14-22(30)24(20)26)23(31)15-37-25(32)16-4-3-5-19(12-16)38(34,35)36;/h3-5,8,10,12-13,20-22,24,30,33H,6-7,9,11,14-15H2,1-2H3,(H,34,35,36);/q;+1/p-1/t20?,21?,22?,24?,26-,27-,28-;/m0./s1. The van der Waals surface area contributed by atoms with Crippen LogP contribution >= 0.6 is 0 Å². The van der Waals surface area contributed by atoms with Gasteiger partial charge in [0.15, 0.2) is 12.4 Å². The van der Waals surface area contributed by atoms with Crippen LogP contribution in [0.15, 0.2) is 53.0 Å². The summed E-state index contributed by atoms with van der Waals surface area (Å²) in [6, 6.07) is 4.43. The van der Waals surface area contributed by atoms with Crippen molar-refractivity contribution in [2.45, 2.75) is 62.6 Å². The Morgan fingerprint density at radius 1 is 1.21 bits per heavy atom. The van der Waals surface area contributed by atoms with Crippen molar-refractivity contribution in [3.8, 4) is 0 Å². The number of aliphatic hydroxyl groups is 2. The van der Waals surface area contributed by atoms with Crippen LogP contribution in [-0.2, 0) is 24.4 Å². The fourth-order valence-electron chi connectivity index (χ4n) is 7.90. The maximum atomic E-state index is 13.4. The average Bonchev–Trinajstić information content (AvgIpc) is 3.13. The van der Waals surface area contributed by atoms with E-state index in [1.54, 1.807) is 12.2 Å². The molecule has 3 fully saturated rings. The Hall–Kier alpha value is -1.66. The number of ketones is 2. The second-order valence-electron chi connectivity index (χ2n) is 11.6. The predicted octanol–water partition coefficient (Wildman–Crippen LogP) is -0.670. The van der Waals surface area contributed by atoms with E-state index in [1.807, 2.05) is 19.9 Å². The molecule has 5 rings (SSSR count). The molecule has 0 amide bonds. The molecule has 3 saturated carbocycles. The number of benzene rings is 1. The third kappa shape index (κ3) is 4.81. The van der Waals surface area contributed by atoms with Crippen LogP contribution < -0.4 is 29.6 Å². The number of fused-ring (bicyclic) bond motifs is 5. The normalized spacial score (nSPS) is 37.1. The minimum atomic E-state index is -4.78. The first-order valence-electron chi connectivity index (χ1n) is 12.8. The van der Waals surface area contributed by atoms with Crippen LogP contribution in [0.5, 0.6) is 0 Å². The van der Waals surface area contributed by atoms with Gasteiger partial charge in [-0.1, -0.05) is 31.6 Å². The number of allylic oxidation sites excluding steroid dienone is 4. The fraction of sp³-hybridized carbons (Fsp3) is 0.536. The van der Waals surface area contributed by atoms with E-state index in [1.165, 1.54) is 12.1 Å². The Kier molecular flexibility index (Phi) is 8.01. The fourth-order valence-corrected chi connectivity index (χ4v) is 8.42. The smallest absolute Gasteiger partial charge is 0.744 e. The minimum absolute atomic E-state index is 0. The number of carbonyl (C=O) groups is 3. The zero-order chi connectivity index (χ0) is 27.7. The number of carbonyl (C=O) groups excluding carboxylic acids is 3. The molecule has 0 heterocycles. The molecule has 4 unspecified atom stereocenters. The van der Waals surface area contributed by atoms with Crippen LogP contribution in [-0.4, -0.2) is 59.0 Å². The summed E-state index contributed by atoms with van der Waals surface area (Å²) in [5.74, 6) is -1.89. The summed E-state index contributed by atoms with van der Waals surface area (Å²) < 4.78 is 38.9. The molecule has 7 atom stereocenters. The first-order chi connectivity index (χ1) is 17.7. The number of hydrogen-bond acceptors (Lipinski definition) is 9. The molecular weight excluding hydrogens is 535 g/mol. The molecular formula is C28H31NaO9S. The van der Waals surface area contributed by atoms with Crippen molar-refractivity contribution in [2.75, 3.05) is 6.61 Å². The third-order valence-electron chi connectivity index (χ3n) is 9.80. The van der Waals surface area contributed by atoms with Gasteiger partial charge in [0.2, 0.25) is 5.78 Å². The van der Waals surface area contributed by atoms with Crippen LogP contribution in [0.1, 0.15) is 56.3 Å². The number of hydrogen-bond donors (Lipinski definition) is 2. The number of rotatable bonds is 5. The van der Waals surface area contributed by atoms with Gasteiger partial charge in [0.25, 0.3) is 0 Å². The van der Waals surface area contributed by atoms with Crippen LogP contribution in [0.2, 0.25) is 0 Å². The number of ether oxygens (including phenoxy) is 1. The van der Waals surface area contributed by atoms with Crippen molar-refractivity contribution in [3.63, 3.8) is 0 Å². The molecule has 4 aliphatic rings. The molecule has 39 heavy (non-hydrogen) atoms. The number of Topliss-reactive ketones (excluding diaryl/α,β-unsaturated/α-hetero) is 1. The third-order valence-corrected chi connectivity index (χ3v) is 10.6. The van der Waals surface area contributed by atoms with Crippen LogP contribution in [0.3, 0.4) is 0 Å². The van der Waals surface area contributed by atoms with Gasteiger partial charge in [-0.05, 0) is 74.3 Å². The molecule has 0 bridgehead atoms. The van der Waals surface area contributed by atoms with Gasteiger partial charge in [0.05, 0.1) is 16.6 Å². The topological polar surface area (TPSA) is 158 Å². The zero-order valence-electron chi connectivity index (χ0n) is 22.3. The molecule has 0 radical (unpaired) electrons. The van der Waals surface area contributed by atoms with E-state index in [4.69, 9.17) is 4.74 Å². The van der Waals surface area contributed by atoms with Crippen molar-refractivity contribution in [2.24, 2.45) is 28.6 Å². The Morgan fingerprint density at radius 3 is 2.62 bits per heavy atom. The van der Waals surface area contributed by atoms with Crippen molar-refractivity contribution in [3.05, 3.63) is 53.6 Å². The number of esters is 1. The largest absolute Gasteiger partial charge is 1.00 e. The Morgan fingerprint density at radius 2 is 1.92 bits per heavy atom. The summed E-state index contributed by atoms with van der Waals surface area (Å²) >= 11 is 0. The number of aliphatic hydroxyl groups excluding tert-OH is 1. The van der Waals surface area contributed by atoms with Crippen molar-refractivity contribution < 1.29 is 71.9 Å². The average molecular weight is 567 g/mol. The summed E-state index contributed by atoms with van der Waals surface area (Å²) in [5.41, 5.74) is -2.42. The minimum Gasteiger partial charge on any atom is -0.744 e. The zero-order valence-corrected chi connectivity index (χ0v) is 25.1. The molecule has 0 aromatic heterocycles. The van der Waals surface area contributed by atoms with E-state index >= 15 is 0 Å². The SMILES string of the molecule is C[C@]12C=CC(=O)C=C1CCC1C2C(O)C[C@@]2(C)C1CC[C@]2(O)C(=O)COC(=O)c1cccc(S(=O)(=O)[O-])c1.[Na+]. The maximum absolute atomic E-state index is 13.4. The summed E-state index contributed by atoms with van der Waals surface area (Å²) in [6.45, 7) is 3.13. The Labute approximate surface area is 249 Å². The molecule has 9 nitrogen and oxygen atoms in total. The van der Waals surface area contributed by atoms with E-state index in [2.05, 4.69) is 0 Å². The molecule has 2 N–H and O–H groups in total. The predicted molar refractivity (Wildman–Crippen MR) is 133 cm³/mol. The second kappa shape index (κ2) is 10.3. The monoisotopic (exact) mass is 566 g/mol. The van der Waals surface area contributed by atoms with Gasteiger partial charge in [0, 0.05) is 16.7 Å². The van der Waals surface area contributed by atoms with Gasteiger partial charge < -0.3 is 19.5 Å².